The molecule has 1 amide bonds. The molecule has 1 aliphatic carbocycles. The molecular formula is C19H25N5O3. The number of aromatic nitrogens is 3. The van der Waals surface area contributed by atoms with Crippen molar-refractivity contribution in [2.45, 2.75) is 57.6 Å². The number of aromatic amines is 1. The van der Waals surface area contributed by atoms with Crippen molar-refractivity contribution < 1.29 is 14.3 Å². The molecule has 2 atom stereocenters. The summed E-state index contributed by atoms with van der Waals surface area (Å²) in [7, 11) is 0. The summed E-state index contributed by atoms with van der Waals surface area (Å²) in [5.41, 5.74) is 2.19. The van der Waals surface area contributed by atoms with Crippen LogP contribution in [0.15, 0.2) is 18.2 Å². The van der Waals surface area contributed by atoms with E-state index in [1.165, 1.54) is 0 Å². The molecule has 1 aliphatic heterocycles. The average Bonchev–Trinajstić information content (AvgIpc) is 3.33. The minimum Gasteiger partial charge on any atom is -0.477 e. The Labute approximate surface area is 158 Å². The fourth-order valence-electron chi connectivity index (χ4n) is 3.60. The number of nitrogens with zero attached hydrogens (tertiary/aromatic N) is 2. The van der Waals surface area contributed by atoms with E-state index in [-0.39, 0.29) is 18.2 Å². The topological polar surface area (TPSA) is 101 Å². The van der Waals surface area contributed by atoms with E-state index >= 15 is 0 Å². The van der Waals surface area contributed by atoms with Crippen LogP contribution in [0.3, 0.4) is 0 Å². The number of hydrogen-bond acceptors (Lipinski definition) is 6. The summed E-state index contributed by atoms with van der Waals surface area (Å²) in [6.07, 6.45) is 3.15. The molecule has 2 aliphatic rings. The zero-order valence-corrected chi connectivity index (χ0v) is 15.6. The number of carbonyl (C=O) groups excluding carboxylic acids is 1. The Morgan fingerprint density at radius 3 is 3.07 bits per heavy atom. The second-order valence-corrected chi connectivity index (χ2v) is 7.43. The molecule has 3 heterocycles. The first-order chi connectivity index (χ1) is 13.1. The first-order valence-electron chi connectivity index (χ1n) is 9.49. The van der Waals surface area contributed by atoms with Gasteiger partial charge in [-0.2, -0.15) is 10.1 Å². The van der Waals surface area contributed by atoms with Crippen LogP contribution in [0.25, 0.3) is 0 Å². The van der Waals surface area contributed by atoms with Crippen molar-refractivity contribution in [1.29, 1.82) is 0 Å². The van der Waals surface area contributed by atoms with Crippen molar-refractivity contribution in [2.75, 3.05) is 11.9 Å². The molecule has 4 rings (SSSR count). The van der Waals surface area contributed by atoms with Gasteiger partial charge in [-0.05, 0) is 45.2 Å². The highest BCUT2D eigenvalue weighted by atomic mass is 16.6. The molecule has 0 spiro atoms. The van der Waals surface area contributed by atoms with E-state index < -0.39 is 0 Å². The molecule has 8 nitrogen and oxygen atoms in total. The van der Waals surface area contributed by atoms with Gasteiger partial charge in [-0.25, -0.2) is 4.79 Å². The van der Waals surface area contributed by atoms with Gasteiger partial charge in [0.25, 0.3) is 0 Å². The summed E-state index contributed by atoms with van der Waals surface area (Å²) in [6.45, 7) is 4.53. The van der Waals surface area contributed by atoms with Crippen molar-refractivity contribution in [3.05, 3.63) is 29.5 Å². The van der Waals surface area contributed by atoms with Gasteiger partial charge in [-0.3, -0.25) is 5.10 Å². The molecule has 2 aromatic heterocycles. The Hall–Kier alpha value is -2.77. The van der Waals surface area contributed by atoms with Crippen LogP contribution in [0.5, 0.6) is 5.88 Å². The number of rotatable bonds is 5. The fourth-order valence-corrected chi connectivity index (χ4v) is 3.60. The first kappa shape index (κ1) is 17.6. The number of carbonyl (C=O) groups is 1. The third kappa shape index (κ3) is 4.15. The first-order valence-corrected chi connectivity index (χ1v) is 9.49. The summed E-state index contributed by atoms with van der Waals surface area (Å²) in [5, 5.41) is 13.4. The van der Waals surface area contributed by atoms with Gasteiger partial charge < -0.3 is 20.1 Å². The van der Waals surface area contributed by atoms with Crippen molar-refractivity contribution in [3.63, 3.8) is 0 Å². The van der Waals surface area contributed by atoms with Crippen molar-refractivity contribution >= 4 is 17.7 Å². The van der Waals surface area contributed by atoms with Crippen LogP contribution in [0, 0.1) is 0 Å². The smallest absolute Gasteiger partial charge is 0.407 e. The van der Waals surface area contributed by atoms with E-state index in [2.05, 4.69) is 25.8 Å². The molecule has 0 saturated heterocycles. The molecule has 3 N–H and O–H groups in total. The summed E-state index contributed by atoms with van der Waals surface area (Å²) in [6, 6.07) is 6.05. The highest BCUT2D eigenvalue weighted by Crippen LogP contribution is 2.36. The van der Waals surface area contributed by atoms with Gasteiger partial charge in [0.2, 0.25) is 5.88 Å². The van der Waals surface area contributed by atoms with Gasteiger partial charge in [0, 0.05) is 35.7 Å². The summed E-state index contributed by atoms with van der Waals surface area (Å²) in [4.78, 5) is 16.2. The lowest BCUT2D eigenvalue weighted by atomic mass is 10.0. The van der Waals surface area contributed by atoms with E-state index in [1.54, 1.807) is 0 Å². The van der Waals surface area contributed by atoms with Gasteiger partial charge >= 0.3 is 6.09 Å². The number of alkyl carbamates (subject to hydrolysis) is 1. The number of nitrogens with one attached hydrogen (secondary N) is 3. The van der Waals surface area contributed by atoms with Crippen molar-refractivity contribution in [3.8, 4) is 5.88 Å². The number of hydrogen-bond donors (Lipinski definition) is 3. The standard InChI is InChI=1S/C19H25N5O3/c1-11(2)20-19(25)27-14-5-3-13(9-14)15-10-17(24-23-15)21-16-6-4-12-7-8-26-18(12)22-16/h4,6,10-11,13-14H,3,5,7-9H2,1-2H3,(H,20,25)(H2,21,22,23,24)/t13-,14+/m1/s1. The van der Waals surface area contributed by atoms with E-state index in [0.29, 0.717) is 24.2 Å². The van der Waals surface area contributed by atoms with E-state index in [9.17, 15) is 4.79 Å². The number of fused-ring (bicyclic) bond motifs is 1. The zero-order valence-electron chi connectivity index (χ0n) is 15.6. The Morgan fingerprint density at radius 1 is 1.33 bits per heavy atom. The number of pyridine rings is 1. The lowest BCUT2D eigenvalue weighted by Crippen LogP contribution is -2.33. The molecule has 1 saturated carbocycles. The predicted octanol–water partition coefficient (Wildman–Crippen LogP) is 3.25. The maximum absolute atomic E-state index is 11.8. The van der Waals surface area contributed by atoms with E-state index in [4.69, 9.17) is 9.47 Å². The van der Waals surface area contributed by atoms with Crippen molar-refractivity contribution in [1.82, 2.24) is 20.5 Å². The highest BCUT2D eigenvalue weighted by molar-refractivity contribution is 5.67. The Morgan fingerprint density at radius 2 is 2.22 bits per heavy atom. The number of amides is 1. The maximum atomic E-state index is 11.8. The second-order valence-electron chi connectivity index (χ2n) is 7.43. The van der Waals surface area contributed by atoms with E-state index in [0.717, 1.165) is 42.8 Å². The predicted molar refractivity (Wildman–Crippen MR) is 100 cm³/mol. The minimum atomic E-state index is -0.340. The molecule has 144 valence electrons. The third-order valence-electron chi connectivity index (χ3n) is 4.91. The third-order valence-corrected chi connectivity index (χ3v) is 4.91. The monoisotopic (exact) mass is 371 g/mol. The van der Waals surface area contributed by atoms with Gasteiger partial charge in [-0.1, -0.05) is 0 Å². The lowest BCUT2D eigenvalue weighted by molar-refractivity contribution is 0.0981. The van der Waals surface area contributed by atoms with Gasteiger partial charge in [0.05, 0.1) is 6.61 Å². The Bertz CT molecular complexity index is 819. The van der Waals surface area contributed by atoms with E-state index in [1.807, 2.05) is 32.0 Å². The fraction of sp³-hybridized carbons (Fsp3) is 0.526. The SMILES string of the molecule is CC(C)NC(=O)O[C@H]1CC[C@@H](c2cc(Nc3ccc4c(n3)OCC4)n[nH]2)C1. The maximum Gasteiger partial charge on any atom is 0.407 e. The van der Waals surface area contributed by atoms with Crippen LogP contribution in [-0.4, -0.2) is 40.0 Å². The highest BCUT2D eigenvalue weighted by Gasteiger charge is 2.30. The normalized spacial score (nSPS) is 21.0. The van der Waals surface area contributed by atoms with Crippen LogP contribution >= 0.6 is 0 Å². The Kier molecular flexibility index (Phi) is 4.87. The molecule has 2 aromatic rings. The quantitative estimate of drug-likeness (QED) is 0.746. The van der Waals surface area contributed by atoms with Crippen LogP contribution in [0.4, 0.5) is 16.4 Å². The molecule has 0 bridgehead atoms. The molecule has 1 fully saturated rings. The molecule has 8 heteroatoms. The van der Waals surface area contributed by atoms with Crippen LogP contribution in [0.1, 0.15) is 50.3 Å². The number of ether oxygens (including phenoxy) is 2. The molecule has 0 aromatic carbocycles. The second kappa shape index (κ2) is 7.46. The number of anilines is 2. The van der Waals surface area contributed by atoms with Crippen LogP contribution < -0.4 is 15.4 Å². The van der Waals surface area contributed by atoms with Crippen LogP contribution in [0.2, 0.25) is 0 Å². The summed E-state index contributed by atoms with van der Waals surface area (Å²) >= 11 is 0. The largest absolute Gasteiger partial charge is 0.477 e. The molecule has 0 unspecified atom stereocenters. The lowest BCUT2D eigenvalue weighted by Gasteiger charge is -2.14. The summed E-state index contributed by atoms with van der Waals surface area (Å²) in [5.74, 6) is 2.44. The van der Waals surface area contributed by atoms with Crippen LogP contribution in [-0.2, 0) is 11.2 Å². The van der Waals surface area contributed by atoms with Gasteiger partial charge in [0.1, 0.15) is 11.9 Å². The molecular weight excluding hydrogens is 346 g/mol. The molecule has 27 heavy (non-hydrogen) atoms. The number of H-pyrrole nitrogens is 1. The average molecular weight is 371 g/mol. The van der Waals surface area contributed by atoms with Gasteiger partial charge in [-0.15, -0.1) is 0 Å². The Balaban J connectivity index is 1.34. The molecule has 0 radical (unpaired) electrons. The van der Waals surface area contributed by atoms with Crippen molar-refractivity contribution in [2.24, 2.45) is 0 Å². The summed E-state index contributed by atoms with van der Waals surface area (Å²) < 4.78 is 11.0. The minimum absolute atomic E-state index is 0.0519. The zero-order chi connectivity index (χ0) is 18.8. The van der Waals surface area contributed by atoms with Gasteiger partial charge in [0.15, 0.2) is 5.82 Å².